The molecule has 1 saturated carbocycles. The third-order valence-corrected chi connectivity index (χ3v) is 5.52. The SMILES string of the molecule is CCC1CCC(CN=C2NC(CC)CCS2)CC1. The predicted octanol–water partition coefficient (Wildman–Crippen LogP) is 4.06. The molecule has 3 heteroatoms. The van der Waals surface area contributed by atoms with Gasteiger partial charge < -0.3 is 5.32 Å². The summed E-state index contributed by atoms with van der Waals surface area (Å²) >= 11 is 1.91. The third-order valence-electron chi connectivity index (χ3n) is 4.56. The number of nitrogens with zero attached hydrogens (tertiary/aromatic N) is 1. The molecule has 2 rings (SSSR count). The third kappa shape index (κ3) is 4.18. The van der Waals surface area contributed by atoms with E-state index >= 15 is 0 Å². The largest absolute Gasteiger partial charge is 0.362 e. The fourth-order valence-electron chi connectivity index (χ4n) is 3.02. The van der Waals surface area contributed by atoms with E-state index in [2.05, 4.69) is 19.2 Å². The standard InChI is InChI=1S/C15H28N2S/c1-3-12-5-7-13(8-6-12)11-16-15-17-14(4-2)9-10-18-15/h12-14H,3-11H2,1-2H3,(H,16,17). The fourth-order valence-corrected chi connectivity index (χ4v) is 4.03. The van der Waals surface area contributed by atoms with E-state index in [0.717, 1.165) is 18.4 Å². The predicted molar refractivity (Wildman–Crippen MR) is 82.3 cm³/mol. The number of hydrogen-bond donors (Lipinski definition) is 1. The molecule has 18 heavy (non-hydrogen) atoms. The molecule has 1 unspecified atom stereocenters. The number of amidine groups is 1. The zero-order valence-electron chi connectivity index (χ0n) is 12.0. The molecule has 0 aromatic heterocycles. The average molecular weight is 268 g/mol. The molecule has 1 aliphatic carbocycles. The highest BCUT2D eigenvalue weighted by Crippen LogP contribution is 2.30. The highest BCUT2D eigenvalue weighted by atomic mass is 32.2. The first-order valence-electron chi connectivity index (χ1n) is 7.75. The fraction of sp³-hybridized carbons (Fsp3) is 0.933. The van der Waals surface area contributed by atoms with Crippen LogP contribution in [0.25, 0.3) is 0 Å². The highest BCUT2D eigenvalue weighted by molar-refractivity contribution is 8.13. The summed E-state index contributed by atoms with van der Waals surface area (Å²) in [6.07, 6.45) is 9.56. The molecule has 1 N–H and O–H groups in total. The van der Waals surface area contributed by atoms with E-state index in [0.29, 0.717) is 6.04 Å². The van der Waals surface area contributed by atoms with Gasteiger partial charge in [0.1, 0.15) is 0 Å². The van der Waals surface area contributed by atoms with Gasteiger partial charge in [-0.2, -0.15) is 0 Å². The van der Waals surface area contributed by atoms with Crippen molar-refractivity contribution < 1.29 is 0 Å². The van der Waals surface area contributed by atoms with Crippen molar-refractivity contribution in [1.29, 1.82) is 0 Å². The van der Waals surface area contributed by atoms with Crippen molar-refractivity contribution in [3.8, 4) is 0 Å². The first kappa shape index (κ1) is 14.2. The summed E-state index contributed by atoms with van der Waals surface area (Å²) in [6.45, 7) is 5.65. The van der Waals surface area contributed by atoms with Gasteiger partial charge in [-0.05, 0) is 37.5 Å². The molecule has 0 amide bonds. The molecular formula is C15H28N2S. The number of hydrogen-bond acceptors (Lipinski definition) is 2. The minimum atomic E-state index is 0.667. The lowest BCUT2D eigenvalue weighted by Crippen LogP contribution is -2.37. The van der Waals surface area contributed by atoms with E-state index < -0.39 is 0 Å². The molecule has 2 nitrogen and oxygen atoms in total. The molecule has 104 valence electrons. The molecule has 0 aromatic carbocycles. The van der Waals surface area contributed by atoms with Gasteiger partial charge in [-0.3, -0.25) is 4.99 Å². The second-order valence-electron chi connectivity index (χ2n) is 5.83. The van der Waals surface area contributed by atoms with Crippen LogP contribution in [0.1, 0.15) is 58.8 Å². The molecule has 0 aromatic rings. The quantitative estimate of drug-likeness (QED) is 0.831. The van der Waals surface area contributed by atoms with Gasteiger partial charge in [-0.1, -0.05) is 44.9 Å². The smallest absolute Gasteiger partial charge is 0.156 e. The topological polar surface area (TPSA) is 24.4 Å². The van der Waals surface area contributed by atoms with Crippen molar-refractivity contribution in [1.82, 2.24) is 5.32 Å². The van der Waals surface area contributed by atoms with E-state index in [1.54, 1.807) is 0 Å². The number of nitrogens with one attached hydrogen (secondary N) is 1. The Labute approximate surface area is 116 Å². The van der Waals surface area contributed by atoms with Crippen LogP contribution in [0.4, 0.5) is 0 Å². The Balaban J connectivity index is 1.73. The van der Waals surface area contributed by atoms with Gasteiger partial charge >= 0.3 is 0 Å². The monoisotopic (exact) mass is 268 g/mol. The summed E-state index contributed by atoms with van der Waals surface area (Å²) in [5.74, 6) is 3.10. The maximum atomic E-state index is 4.82. The molecule has 1 aliphatic heterocycles. The van der Waals surface area contributed by atoms with Crippen molar-refractivity contribution in [2.75, 3.05) is 12.3 Å². The van der Waals surface area contributed by atoms with E-state index in [1.807, 2.05) is 11.8 Å². The molecular weight excluding hydrogens is 240 g/mol. The summed E-state index contributed by atoms with van der Waals surface area (Å²) in [7, 11) is 0. The van der Waals surface area contributed by atoms with Gasteiger partial charge in [-0.15, -0.1) is 0 Å². The van der Waals surface area contributed by atoms with Crippen molar-refractivity contribution in [3.63, 3.8) is 0 Å². The van der Waals surface area contributed by atoms with Crippen molar-refractivity contribution >= 4 is 16.9 Å². The van der Waals surface area contributed by atoms with Gasteiger partial charge in [0.15, 0.2) is 5.17 Å². The molecule has 2 aliphatic rings. The normalized spacial score (nSPS) is 35.4. The van der Waals surface area contributed by atoms with Crippen LogP contribution in [-0.4, -0.2) is 23.5 Å². The van der Waals surface area contributed by atoms with Crippen molar-refractivity contribution in [2.24, 2.45) is 16.8 Å². The lowest BCUT2D eigenvalue weighted by Gasteiger charge is -2.28. The summed E-state index contributed by atoms with van der Waals surface area (Å²) < 4.78 is 0. The molecule has 0 spiro atoms. The minimum absolute atomic E-state index is 0.667. The molecule has 2 fully saturated rings. The number of thioether (sulfide) groups is 1. The Bertz CT molecular complexity index is 270. The van der Waals surface area contributed by atoms with Crippen molar-refractivity contribution in [2.45, 2.75) is 64.8 Å². The van der Waals surface area contributed by atoms with Crippen LogP contribution in [0.2, 0.25) is 0 Å². The number of aliphatic imine (C=N–C) groups is 1. The Morgan fingerprint density at radius 3 is 2.44 bits per heavy atom. The molecule has 1 heterocycles. The average Bonchev–Trinajstić information content (AvgIpc) is 2.46. The van der Waals surface area contributed by atoms with E-state index in [1.165, 1.54) is 55.9 Å². The van der Waals surface area contributed by atoms with E-state index in [-0.39, 0.29) is 0 Å². The van der Waals surface area contributed by atoms with Gasteiger partial charge in [0.25, 0.3) is 0 Å². The van der Waals surface area contributed by atoms with E-state index in [4.69, 9.17) is 4.99 Å². The summed E-state index contributed by atoms with van der Waals surface area (Å²) in [5.41, 5.74) is 0. The Hall–Kier alpha value is -0.180. The minimum Gasteiger partial charge on any atom is -0.362 e. The lowest BCUT2D eigenvalue weighted by molar-refractivity contribution is 0.274. The Kier molecular flexibility index (Phi) is 5.87. The van der Waals surface area contributed by atoms with Crippen LogP contribution in [0.15, 0.2) is 4.99 Å². The maximum absolute atomic E-state index is 4.82. The Morgan fingerprint density at radius 2 is 1.78 bits per heavy atom. The second-order valence-corrected chi connectivity index (χ2v) is 6.91. The van der Waals surface area contributed by atoms with Gasteiger partial charge in [0.2, 0.25) is 0 Å². The lowest BCUT2D eigenvalue weighted by atomic mass is 9.81. The van der Waals surface area contributed by atoms with Crippen LogP contribution >= 0.6 is 11.8 Å². The zero-order chi connectivity index (χ0) is 12.8. The van der Waals surface area contributed by atoms with Gasteiger partial charge in [0.05, 0.1) is 0 Å². The van der Waals surface area contributed by atoms with Crippen LogP contribution < -0.4 is 5.32 Å². The van der Waals surface area contributed by atoms with Gasteiger partial charge in [-0.25, -0.2) is 0 Å². The van der Waals surface area contributed by atoms with Crippen LogP contribution in [0.5, 0.6) is 0 Å². The van der Waals surface area contributed by atoms with E-state index in [9.17, 15) is 0 Å². The summed E-state index contributed by atoms with van der Waals surface area (Å²) in [4.78, 5) is 4.82. The van der Waals surface area contributed by atoms with Crippen LogP contribution in [0.3, 0.4) is 0 Å². The van der Waals surface area contributed by atoms with Crippen LogP contribution in [-0.2, 0) is 0 Å². The first-order valence-corrected chi connectivity index (χ1v) is 8.74. The zero-order valence-corrected chi connectivity index (χ0v) is 12.8. The molecule has 0 radical (unpaired) electrons. The second kappa shape index (κ2) is 7.42. The number of rotatable bonds is 4. The van der Waals surface area contributed by atoms with Crippen LogP contribution in [0, 0.1) is 11.8 Å². The maximum Gasteiger partial charge on any atom is 0.156 e. The highest BCUT2D eigenvalue weighted by Gasteiger charge is 2.20. The molecule has 0 bridgehead atoms. The summed E-state index contributed by atoms with van der Waals surface area (Å²) in [5, 5.41) is 4.79. The van der Waals surface area contributed by atoms with Crippen molar-refractivity contribution in [3.05, 3.63) is 0 Å². The molecule has 1 saturated heterocycles. The van der Waals surface area contributed by atoms with Gasteiger partial charge in [0, 0.05) is 18.3 Å². The first-order chi connectivity index (χ1) is 8.81. The summed E-state index contributed by atoms with van der Waals surface area (Å²) in [6, 6.07) is 0.667. The molecule has 1 atom stereocenters. The Morgan fingerprint density at radius 1 is 1.06 bits per heavy atom.